The Morgan fingerprint density at radius 3 is 2.43 bits per heavy atom. The molecule has 1 N–H and O–H groups in total. The molecule has 2 aliphatic heterocycles. The highest BCUT2D eigenvalue weighted by Crippen LogP contribution is 2.26. The van der Waals surface area contributed by atoms with Crippen molar-refractivity contribution < 1.29 is 28.6 Å². The minimum Gasteiger partial charge on any atom is -0.478 e. The summed E-state index contributed by atoms with van der Waals surface area (Å²) in [5.74, 6) is -0.648. The van der Waals surface area contributed by atoms with Crippen molar-refractivity contribution in [3.8, 4) is 17.6 Å². The standard InChI is InChI=1S/C28H24FN5O4.C3H6O/c1-32-24-15-20(28(36)37)6-7-23(24)31-26(32)17-33-9-11-34(12-10-33)27(35)19-3-2-4-21(14-19)38-25-8-5-18(16-30)13-22(25)29;1-2-4-3-1/h2-8,13-15H,9-12,17H2,1H3,(H,36,37);1-3H2. The van der Waals surface area contributed by atoms with Gasteiger partial charge in [-0.2, -0.15) is 5.26 Å². The second-order valence-electron chi connectivity index (χ2n) is 10.0. The van der Waals surface area contributed by atoms with Gasteiger partial charge in [-0.25, -0.2) is 14.2 Å². The van der Waals surface area contributed by atoms with Crippen LogP contribution in [-0.2, 0) is 18.3 Å². The van der Waals surface area contributed by atoms with E-state index >= 15 is 0 Å². The van der Waals surface area contributed by atoms with Crippen LogP contribution in [0.4, 0.5) is 4.39 Å². The lowest BCUT2D eigenvalue weighted by Gasteiger charge is -2.34. The first-order chi connectivity index (χ1) is 20.3. The van der Waals surface area contributed by atoms with Crippen LogP contribution in [-0.4, -0.2) is 75.7 Å². The number of carbonyl (C=O) groups excluding carboxylic acids is 1. The molecule has 0 bridgehead atoms. The number of nitriles is 1. The molecule has 0 atom stereocenters. The topological polar surface area (TPSA) is 121 Å². The third kappa shape index (κ3) is 6.57. The van der Waals surface area contributed by atoms with Gasteiger partial charge in [-0.3, -0.25) is 9.69 Å². The van der Waals surface area contributed by atoms with Gasteiger partial charge in [-0.1, -0.05) is 6.07 Å². The third-order valence-electron chi connectivity index (χ3n) is 7.19. The van der Waals surface area contributed by atoms with E-state index in [1.807, 2.05) is 17.7 Å². The number of benzene rings is 3. The number of ether oxygens (including phenoxy) is 2. The van der Waals surface area contributed by atoms with E-state index in [0.717, 1.165) is 36.1 Å². The summed E-state index contributed by atoms with van der Waals surface area (Å²) >= 11 is 0. The molecule has 3 aromatic carbocycles. The summed E-state index contributed by atoms with van der Waals surface area (Å²) in [5, 5.41) is 18.2. The Morgan fingerprint density at radius 1 is 1.05 bits per heavy atom. The van der Waals surface area contributed by atoms with Crippen LogP contribution in [0.25, 0.3) is 11.0 Å². The number of amides is 1. The van der Waals surface area contributed by atoms with Crippen molar-refractivity contribution in [3.63, 3.8) is 0 Å². The number of piperazine rings is 1. The zero-order chi connectivity index (χ0) is 29.6. The molecule has 216 valence electrons. The predicted octanol–water partition coefficient (Wildman–Crippen LogP) is 4.44. The molecule has 42 heavy (non-hydrogen) atoms. The van der Waals surface area contributed by atoms with Crippen molar-refractivity contribution in [2.24, 2.45) is 7.05 Å². The van der Waals surface area contributed by atoms with Crippen molar-refractivity contribution in [2.45, 2.75) is 13.0 Å². The molecule has 0 aliphatic carbocycles. The fraction of sp³-hybridized carbons (Fsp3) is 0.290. The van der Waals surface area contributed by atoms with E-state index in [-0.39, 0.29) is 22.8 Å². The lowest BCUT2D eigenvalue weighted by molar-refractivity contribution is 0.0367. The SMILES string of the molecule is C1COC1.Cn1c(CN2CCN(C(=O)c3cccc(Oc4ccc(C#N)cc4F)c3)CC2)nc2ccc(C(=O)O)cc21. The number of hydrogen-bond donors (Lipinski definition) is 1. The molecule has 0 spiro atoms. The number of aromatic nitrogens is 2. The zero-order valence-electron chi connectivity index (χ0n) is 23.1. The molecular formula is C31H30FN5O5. The second kappa shape index (κ2) is 12.8. The van der Waals surface area contributed by atoms with Gasteiger partial charge in [0, 0.05) is 52.0 Å². The molecule has 3 heterocycles. The van der Waals surface area contributed by atoms with Crippen LogP contribution in [0, 0.1) is 17.1 Å². The lowest BCUT2D eigenvalue weighted by Crippen LogP contribution is -2.48. The number of aryl methyl sites for hydroxylation is 1. The Bertz CT molecular complexity index is 1650. The molecule has 0 radical (unpaired) electrons. The monoisotopic (exact) mass is 571 g/mol. The van der Waals surface area contributed by atoms with Crippen molar-refractivity contribution in [3.05, 3.63) is 89.0 Å². The highest BCUT2D eigenvalue weighted by molar-refractivity contribution is 5.95. The largest absolute Gasteiger partial charge is 0.478 e. The van der Waals surface area contributed by atoms with Gasteiger partial charge in [0.05, 0.1) is 34.8 Å². The summed E-state index contributed by atoms with van der Waals surface area (Å²) < 4.78 is 26.5. The Hall–Kier alpha value is -4.79. The van der Waals surface area contributed by atoms with E-state index in [9.17, 15) is 19.1 Å². The van der Waals surface area contributed by atoms with Crippen LogP contribution < -0.4 is 4.74 Å². The number of aromatic carboxylic acids is 1. The number of carboxylic acids is 1. The fourth-order valence-electron chi connectivity index (χ4n) is 4.62. The smallest absolute Gasteiger partial charge is 0.335 e. The summed E-state index contributed by atoms with van der Waals surface area (Å²) in [4.78, 5) is 33.1. The first-order valence-electron chi connectivity index (χ1n) is 13.6. The summed E-state index contributed by atoms with van der Waals surface area (Å²) in [6.45, 7) is 4.95. The average Bonchev–Trinajstić information content (AvgIpc) is 3.27. The van der Waals surface area contributed by atoms with Gasteiger partial charge in [0.25, 0.3) is 5.91 Å². The van der Waals surface area contributed by atoms with E-state index in [4.69, 9.17) is 14.7 Å². The third-order valence-corrected chi connectivity index (χ3v) is 7.19. The maximum absolute atomic E-state index is 14.2. The zero-order valence-corrected chi connectivity index (χ0v) is 23.1. The normalized spacial score (nSPS) is 14.8. The predicted molar refractivity (Wildman–Crippen MR) is 152 cm³/mol. The van der Waals surface area contributed by atoms with Crippen LogP contribution >= 0.6 is 0 Å². The van der Waals surface area contributed by atoms with E-state index in [2.05, 4.69) is 9.88 Å². The molecule has 1 aromatic heterocycles. The molecule has 0 unspecified atom stereocenters. The molecular weight excluding hydrogens is 541 g/mol. The van der Waals surface area contributed by atoms with Crippen molar-refractivity contribution in [1.29, 1.82) is 5.26 Å². The van der Waals surface area contributed by atoms with Crippen molar-refractivity contribution in [1.82, 2.24) is 19.4 Å². The fourth-order valence-corrected chi connectivity index (χ4v) is 4.62. The molecule has 6 rings (SSSR count). The molecule has 2 saturated heterocycles. The summed E-state index contributed by atoms with van der Waals surface area (Å²) in [6, 6.07) is 17.3. The number of halogens is 1. The van der Waals surface area contributed by atoms with Crippen LogP contribution in [0.2, 0.25) is 0 Å². The number of carbonyl (C=O) groups is 2. The first-order valence-corrected chi connectivity index (χ1v) is 13.6. The molecule has 1 amide bonds. The Kier molecular flexibility index (Phi) is 8.76. The maximum atomic E-state index is 14.2. The van der Waals surface area contributed by atoms with Gasteiger partial charge in [-0.05, 0) is 61.0 Å². The van der Waals surface area contributed by atoms with Gasteiger partial charge in [0.2, 0.25) is 0 Å². The quantitative estimate of drug-likeness (QED) is 0.361. The number of imidazole rings is 1. The first kappa shape index (κ1) is 28.7. The summed E-state index contributed by atoms with van der Waals surface area (Å²) in [5.41, 5.74) is 2.35. The van der Waals surface area contributed by atoms with Gasteiger partial charge in [0.1, 0.15) is 11.6 Å². The van der Waals surface area contributed by atoms with E-state index in [1.54, 1.807) is 47.4 Å². The van der Waals surface area contributed by atoms with E-state index < -0.39 is 11.8 Å². The minimum atomic E-state index is -0.978. The number of nitrogens with zero attached hydrogens (tertiary/aromatic N) is 5. The van der Waals surface area contributed by atoms with Gasteiger partial charge in [-0.15, -0.1) is 0 Å². The van der Waals surface area contributed by atoms with Gasteiger partial charge >= 0.3 is 5.97 Å². The Balaban J connectivity index is 0.000000813. The second-order valence-corrected chi connectivity index (χ2v) is 10.0. The summed E-state index contributed by atoms with van der Waals surface area (Å²) in [6.07, 6.45) is 1.28. The van der Waals surface area contributed by atoms with Gasteiger partial charge < -0.3 is 24.0 Å². The minimum absolute atomic E-state index is 0.0247. The van der Waals surface area contributed by atoms with E-state index in [0.29, 0.717) is 44.0 Å². The highest BCUT2D eigenvalue weighted by Gasteiger charge is 2.24. The maximum Gasteiger partial charge on any atom is 0.335 e. The molecule has 10 nitrogen and oxygen atoms in total. The van der Waals surface area contributed by atoms with E-state index in [1.165, 1.54) is 18.6 Å². The Labute approximate surface area is 242 Å². The van der Waals surface area contributed by atoms with Crippen LogP contribution in [0.3, 0.4) is 0 Å². The number of rotatable bonds is 6. The number of hydrogen-bond acceptors (Lipinski definition) is 7. The summed E-state index contributed by atoms with van der Waals surface area (Å²) in [7, 11) is 1.87. The van der Waals surface area contributed by atoms with Crippen LogP contribution in [0.15, 0.2) is 60.7 Å². The molecule has 2 aliphatic rings. The molecule has 0 saturated carbocycles. The lowest BCUT2D eigenvalue weighted by atomic mass is 10.1. The average molecular weight is 572 g/mol. The van der Waals surface area contributed by atoms with Gasteiger partial charge in [0.15, 0.2) is 11.6 Å². The van der Waals surface area contributed by atoms with Crippen LogP contribution in [0.1, 0.15) is 38.5 Å². The molecule has 2 fully saturated rings. The molecule has 4 aromatic rings. The van der Waals surface area contributed by atoms with Crippen molar-refractivity contribution in [2.75, 3.05) is 39.4 Å². The number of fused-ring (bicyclic) bond motifs is 1. The van der Waals surface area contributed by atoms with Crippen molar-refractivity contribution >= 4 is 22.9 Å². The highest BCUT2D eigenvalue weighted by atomic mass is 19.1. The Morgan fingerprint density at radius 2 is 1.79 bits per heavy atom. The van der Waals surface area contributed by atoms with Crippen LogP contribution in [0.5, 0.6) is 11.5 Å². The number of carboxylic acid groups (broad SMARTS) is 1. The molecule has 11 heteroatoms.